The first-order valence-corrected chi connectivity index (χ1v) is 7.81. The second kappa shape index (κ2) is 5.62. The quantitative estimate of drug-likeness (QED) is 0.908. The van der Waals surface area contributed by atoms with E-state index >= 15 is 0 Å². The van der Waals surface area contributed by atoms with E-state index in [0.29, 0.717) is 0 Å². The molecule has 1 aromatic heterocycles. The number of hydrogen-bond donors (Lipinski definition) is 1. The van der Waals surface area contributed by atoms with Crippen LogP contribution in [0.25, 0.3) is 11.3 Å². The molecule has 0 radical (unpaired) electrons. The van der Waals surface area contributed by atoms with Crippen LogP contribution in [0, 0.1) is 6.92 Å². The number of nitrogens with one attached hydrogen (secondary N) is 1. The first-order valence-electron chi connectivity index (χ1n) is 7.02. The first kappa shape index (κ1) is 13.7. The van der Waals surface area contributed by atoms with Gasteiger partial charge in [-0.1, -0.05) is 6.07 Å². The molecule has 0 bridgehead atoms. The Morgan fingerprint density at radius 2 is 1.85 bits per heavy atom. The number of piperazine rings is 1. The minimum atomic E-state index is 1.09. The maximum Gasteiger partial charge on any atom is 0.0465 e. The Balaban J connectivity index is 1.84. The van der Waals surface area contributed by atoms with Crippen LogP contribution in [0.15, 0.2) is 34.9 Å². The third-order valence-corrected chi connectivity index (χ3v) is 4.46. The topological polar surface area (TPSA) is 22.3 Å². The normalized spacial score (nSPS) is 16.6. The van der Waals surface area contributed by atoms with Crippen LogP contribution in [0.1, 0.15) is 5.56 Å². The second-order valence-corrected chi connectivity index (χ2v) is 6.44. The fraction of sp³-hybridized carbons (Fsp3) is 0.375. The van der Waals surface area contributed by atoms with Crippen molar-refractivity contribution in [2.75, 3.05) is 38.1 Å². The van der Waals surface area contributed by atoms with Crippen LogP contribution >= 0.6 is 15.9 Å². The lowest BCUT2D eigenvalue weighted by Crippen LogP contribution is -2.44. The number of halogens is 1. The van der Waals surface area contributed by atoms with E-state index in [-0.39, 0.29) is 0 Å². The number of benzene rings is 1. The zero-order valence-electron chi connectivity index (χ0n) is 12.0. The van der Waals surface area contributed by atoms with Gasteiger partial charge in [-0.05, 0) is 59.2 Å². The Bertz CT molecular complexity index is 598. The summed E-state index contributed by atoms with van der Waals surface area (Å²) in [6.45, 7) is 6.72. The molecule has 0 unspecified atom stereocenters. The van der Waals surface area contributed by atoms with Crippen LogP contribution in [0.5, 0.6) is 0 Å². The summed E-state index contributed by atoms with van der Waals surface area (Å²) in [6, 6.07) is 8.85. The van der Waals surface area contributed by atoms with Crippen molar-refractivity contribution in [2.24, 2.45) is 0 Å². The van der Waals surface area contributed by atoms with Gasteiger partial charge in [0.25, 0.3) is 0 Å². The summed E-state index contributed by atoms with van der Waals surface area (Å²) < 4.78 is 1.09. The van der Waals surface area contributed by atoms with Crippen molar-refractivity contribution in [3.8, 4) is 11.3 Å². The molecule has 1 aliphatic heterocycles. The molecule has 1 saturated heterocycles. The summed E-state index contributed by atoms with van der Waals surface area (Å²) in [5.41, 5.74) is 5.11. The molecule has 1 aliphatic rings. The number of nitrogens with zero attached hydrogens (tertiary/aromatic N) is 2. The molecular formula is C16H20BrN3. The molecule has 2 heterocycles. The van der Waals surface area contributed by atoms with Crippen LogP contribution in [-0.4, -0.2) is 43.1 Å². The monoisotopic (exact) mass is 333 g/mol. The third-order valence-electron chi connectivity index (χ3n) is 4.00. The van der Waals surface area contributed by atoms with Gasteiger partial charge in [-0.2, -0.15) is 0 Å². The van der Waals surface area contributed by atoms with E-state index in [1.54, 1.807) is 0 Å². The predicted molar refractivity (Wildman–Crippen MR) is 88.4 cm³/mol. The fourth-order valence-corrected chi connectivity index (χ4v) is 3.10. The summed E-state index contributed by atoms with van der Waals surface area (Å²) in [7, 11) is 2.19. The molecule has 0 saturated carbocycles. The SMILES string of the molecule is Cc1cc(-c2cc(Br)c[nH]2)ccc1N1CCN(C)CC1. The largest absolute Gasteiger partial charge is 0.369 e. The van der Waals surface area contributed by atoms with Crippen LogP contribution in [-0.2, 0) is 0 Å². The Labute approximate surface area is 128 Å². The van der Waals surface area contributed by atoms with Crippen LogP contribution in [0.4, 0.5) is 5.69 Å². The fourth-order valence-electron chi connectivity index (χ4n) is 2.76. The van der Waals surface area contributed by atoms with Gasteiger partial charge in [0.15, 0.2) is 0 Å². The highest BCUT2D eigenvalue weighted by Crippen LogP contribution is 2.28. The van der Waals surface area contributed by atoms with Gasteiger partial charge >= 0.3 is 0 Å². The number of hydrogen-bond acceptors (Lipinski definition) is 2. The van der Waals surface area contributed by atoms with E-state index < -0.39 is 0 Å². The average Bonchev–Trinajstić information content (AvgIpc) is 2.87. The summed E-state index contributed by atoms with van der Waals surface area (Å²) >= 11 is 3.49. The van der Waals surface area contributed by atoms with Crippen LogP contribution in [0.3, 0.4) is 0 Å². The van der Waals surface area contributed by atoms with Gasteiger partial charge in [0.2, 0.25) is 0 Å². The summed E-state index contributed by atoms with van der Waals surface area (Å²) in [5, 5.41) is 0. The van der Waals surface area contributed by atoms with Crippen molar-refractivity contribution in [1.29, 1.82) is 0 Å². The van der Waals surface area contributed by atoms with Crippen molar-refractivity contribution in [3.63, 3.8) is 0 Å². The first-order chi connectivity index (χ1) is 9.63. The van der Waals surface area contributed by atoms with Gasteiger partial charge in [-0.3, -0.25) is 0 Å². The molecule has 3 rings (SSSR count). The van der Waals surface area contributed by atoms with E-state index in [4.69, 9.17) is 0 Å². The maximum absolute atomic E-state index is 3.49. The highest BCUT2D eigenvalue weighted by atomic mass is 79.9. The van der Waals surface area contributed by atoms with Gasteiger partial charge in [0, 0.05) is 48.2 Å². The van der Waals surface area contributed by atoms with Crippen molar-refractivity contribution in [2.45, 2.75) is 6.92 Å². The molecule has 2 aromatic rings. The lowest BCUT2D eigenvalue weighted by Gasteiger charge is -2.35. The average molecular weight is 334 g/mol. The Morgan fingerprint density at radius 3 is 2.45 bits per heavy atom. The molecule has 20 heavy (non-hydrogen) atoms. The molecule has 0 aliphatic carbocycles. The predicted octanol–water partition coefficient (Wildman–Crippen LogP) is 3.50. The highest BCUT2D eigenvalue weighted by molar-refractivity contribution is 9.10. The Kier molecular flexibility index (Phi) is 3.85. The molecule has 3 nitrogen and oxygen atoms in total. The van der Waals surface area contributed by atoms with Gasteiger partial charge in [-0.25, -0.2) is 0 Å². The molecular weight excluding hydrogens is 314 g/mol. The molecule has 4 heteroatoms. The molecule has 106 valence electrons. The Morgan fingerprint density at radius 1 is 1.10 bits per heavy atom. The number of anilines is 1. The van der Waals surface area contributed by atoms with Gasteiger partial charge in [-0.15, -0.1) is 0 Å². The van der Waals surface area contributed by atoms with E-state index in [1.165, 1.54) is 16.8 Å². The number of aryl methyl sites for hydroxylation is 1. The van der Waals surface area contributed by atoms with Gasteiger partial charge in [0.1, 0.15) is 0 Å². The van der Waals surface area contributed by atoms with Crippen LogP contribution < -0.4 is 4.90 Å². The summed E-state index contributed by atoms with van der Waals surface area (Å²) in [6.07, 6.45) is 1.97. The molecule has 0 amide bonds. The number of aromatic nitrogens is 1. The highest BCUT2D eigenvalue weighted by Gasteiger charge is 2.16. The molecule has 0 atom stereocenters. The van der Waals surface area contributed by atoms with Crippen molar-refractivity contribution in [1.82, 2.24) is 9.88 Å². The summed E-state index contributed by atoms with van der Waals surface area (Å²) in [5.74, 6) is 0. The van der Waals surface area contributed by atoms with E-state index in [0.717, 1.165) is 36.3 Å². The minimum Gasteiger partial charge on any atom is -0.369 e. The minimum absolute atomic E-state index is 1.09. The smallest absolute Gasteiger partial charge is 0.0465 e. The molecule has 1 fully saturated rings. The Hall–Kier alpha value is -1.26. The van der Waals surface area contributed by atoms with E-state index in [2.05, 4.69) is 69.0 Å². The summed E-state index contributed by atoms with van der Waals surface area (Å²) in [4.78, 5) is 8.16. The second-order valence-electron chi connectivity index (χ2n) is 5.52. The standard InChI is InChI=1S/C16H20BrN3/c1-12-9-13(15-10-14(17)11-18-15)3-4-16(12)20-7-5-19(2)6-8-20/h3-4,9-11,18H,5-8H2,1-2H3. The lowest BCUT2D eigenvalue weighted by atomic mass is 10.1. The zero-order chi connectivity index (χ0) is 14.1. The molecule has 1 aromatic carbocycles. The van der Waals surface area contributed by atoms with E-state index in [9.17, 15) is 0 Å². The number of rotatable bonds is 2. The van der Waals surface area contributed by atoms with Crippen molar-refractivity contribution < 1.29 is 0 Å². The third kappa shape index (κ3) is 2.76. The van der Waals surface area contributed by atoms with Crippen molar-refractivity contribution >= 4 is 21.6 Å². The van der Waals surface area contributed by atoms with Gasteiger partial charge < -0.3 is 14.8 Å². The number of aromatic amines is 1. The number of H-pyrrole nitrogens is 1. The van der Waals surface area contributed by atoms with E-state index in [1.807, 2.05) is 6.20 Å². The van der Waals surface area contributed by atoms with Gasteiger partial charge in [0.05, 0.1) is 0 Å². The lowest BCUT2D eigenvalue weighted by molar-refractivity contribution is 0.312. The van der Waals surface area contributed by atoms with Crippen LogP contribution in [0.2, 0.25) is 0 Å². The maximum atomic E-state index is 3.49. The zero-order valence-corrected chi connectivity index (χ0v) is 13.6. The molecule has 1 N–H and O–H groups in total. The molecule has 0 spiro atoms. The number of likely N-dealkylation sites (N-methyl/N-ethyl adjacent to an activating group) is 1. The van der Waals surface area contributed by atoms with Crippen molar-refractivity contribution in [3.05, 3.63) is 40.5 Å².